The van der Waals surface area contributed by atoms with E-state index in [4.69, 9.17) is 20.2 Å². The number of anilines is 2. The largest absolute Gasteiger partial charge is 0.493 e. The number of carbonyl (C=O) groups is 1. The van der Waals surface area contributed by atoms with Crippen molar-refractivity contribution in [3.63, 3.8) is 0 Å². The van der Waals surface area contributed by atoms with Crippen LogP contribution in [0.15, 0.2) is 12.1 Å². The molecule has 1 aliphatic heterocycles. The highest BCUT2D eigenvalue weighted by Gasteiger charge is 2.23. The lowest BCUT2D eigenvalue weighted by molar-refractivity contribution is -0.132. The zero-order valence-electron chi connectivity index (χ0n) is 17.6. The molecule has 0 atom stereocenters. The van der Waals surface area contributed by atoms with Crippen molar-refractivity contribution in [1.82, 2.24) is 19.8 Å². The molecule has 1 aromatic carbocycles. The van der Waals surface area contributed by atoms with E-state index in [0.717, 1.165) is 44.7 Å². The Kier molecular flexibility index (Phi) is 6.58. The monoisotopic (exact) mass is 402 g/mol. The van der Waals surface area contributed by atoms with Crippen LogP contribution in [0.5, 0.6) is 11.5 Å². The highest BCUT2D eigenvalue weighted by molar-refractivity contribution is 5.91. The molecule has 0 saturated carbocycles. The number of fused-ring (bicyclic) bond motifs is 1. The minimum Gasteiger partial charge on any atom is -0.493 e. The molecule has 3 rings (SSSR count). The lowest BCUT2D eigenvalue weighted by atomic mass is 10.2. The van der Waals surface area contributed by atoms with Crippen molar-refractivity contribution in [2.75, 3.05) is 70.7 Å². The zero-order valence-corrected chi connectivity index (χ0v) is 17.6. The van der Waals surface area contributed by atoms with E-state index < -0.39 is 0 Å². The number of hydrogen-bond acceptors (Lipinski definition) is 8. The average Bonchev–Trinajstić information content (AvgIpc) is 2.74. The van der Waals surface area contributed by atoms with Gasteiger partial charge in [0.1, 0.15) is 5.82 Å². The van der Waals surface area contributed by atoms with Crippen LogP contribution in [-0.4, -0.2) is 85.7 Å². The second kappa shape index (κ2) is 9.13. The molecule has 0 spiro atoms. The molecule has 1 fully saturated rings. The van der Waals surface area contributed by atoms with E-state index in [9.17, 15) is 4.79 Å². The molecule has 1 aromatic heterocycles. The standard InChI is InChI=1S/C20H30N6O3/c1-5-25(6-2)18(27)13-24-7-9-26(10-8-24)20-22-15-12-17(29-4)16(28-3)11-14(15)19(21)23-20/h11-12H,5-10,13H2,1-4H3,(H2,21,22,23). The fourth-order valence-electron chi connectivity index (χ4n) is 3.58. The van der Waals surface area contributed by atoms with Crippen molar-refractivity contribution >= 4 is 28.6 Å². The molecule has 2 heterocycles. The van der Waals surface area contributed by atoms with Crippen LogP contribution in [0.25, 0.3) is 10.9 Å². The summed E-state index contributed by atoms with van der Waals surface area (Å²) in [6.45, 7) is 8.99. The van der Waals surface area contributed by atoms with Gasteiger partial charge >= 0.3 is 0 Å². The number of methoxy groups -OCH3 is 2. The number of aromatic nitrogens is 2. The maximum absolute atomic E-state index is 12.3. The van der Waals surface area contributed by atoms with Gasteiger partial charge in [0.2, 0.25) is 11.9 Å². The second-order valence-corrected chi connectivity index (χ2v) is 6.96. The Morgan fingerprint density at radius 1 is 1.07 bits per heavy atom. The van der Waals surface area contributed by atoms with Gasteiger partial charge in [-0.3, -0.25) is 9.69 Å². The maximum Gasteiger partial charge on any atom is 0.236 e. The summed E-state index contributed by atoms with van der Waals surface area (Å²) in [4.78, 5) is 27.7. The summed E-state index contributed by atoms with van der Waals surface area (Å²) in [7, 11) is 3.17. The predicted octanol–water partition coefficient (Wildman–Crippen LogP) is 1.22. The van der Waals surface area contributed by atoms with Gasteiger partial charge in [0.25, 0.3) is 0 Å². The minimum atomic E-state index is 0.177. The summed E-state index contributed by atoms with van der Waals surface area (Å²) in [5.74, 6) is 2.37. The molecule has 29 heavy (non-hydrogen) atoms. The number of rotatable bonds is 7. The van der Waals surface area contributed by atoms with E-state index in [1.807, 2.05) is 24.8 Å². The number of nitrogens with two attached hydrogens (primary N) is 1. The van der Waals surface area contributed by atoms with Crippen molar-refractivity contribution in [2.24, 2.45) is 0 Å². The molecule has 9 nitrogen and oxygen atoms in total. The lowest BCUT2D eigenvalue weighted by Gasteiger charge is -2.35. The SMILES string of the molecule is CCN(CC)C(=O)CN1CCN(c2nc(N)c3cc(OC)c(OC)cc3n2)CC1. The summed E-state index contributed by atoms with van der Waals surface area (Å²) in [5.41, 5.74) is 6.91. The summed E-state index contributed by atoms with van der Waals surface area (Å²) >= 11 is 0. The number of ether oxygens (including phenoxy) is 2. The Bertz CT molecular complexity index is 863. The highest BCUT2D eigenvalue weighted by atomic mass is 16.5. The van der Waals surface area contributed by atoms with E-state index in [0.29, 0.717) is 35.3 Å². The van der Waals surface area contributed by atoms with Crippen molar-refractivity contribution in [3.05, 3.63) is 12.1 Å². The molecular formula is C20H30N6O3. The molecule has 0 bridgehead atoms. The molecule has 9 heteroatoms. The average molecular weight is 402 g/mol. The van der Waals surface area contributed by atoms with E-state index in [1.165, 1.54) is 0 Å². The first-order valence-electron chi connectivity index (χ1n) is 9.95. The molecular weight excluding hydrogens is 372 g/mol. The number of carbonyl (C=O) groups excluding carboxylic acids is 1. The topological polar surface area (TPSA) is 97.1 Å². The van der Waals surface area contributed by atoms with Crippen LogP contribution in [0, 0.1) is 0 Å². The van der Waals surface area contributed by atoms with Crippen molar-refractivity contribution in [1.29, 1.82) is 0 Å². The Hall–Kier alpha value is -2.81. The third kappa shape index (κ3) is 4.45. The Balaban J connectivity index is 1.73. The van der Waals surface area contributed by atoms with Crippen molar-refractivity contribution in [2.45, 2.75) is 13.8 Å². The summed E-state index contributed by atoms with van der Waals surface area (Å²) in [5, 5.41) is 0.731. The van der Waals surface area contributed by atoms with Gasteiger partial charge in [-0.2, -0.15) is 4.98 Å². The van der Waals surface area contributed by atoms with Gasteiger partial charge in [0.15, 0.2) is 11.5 Å². The van der Waals surface area contributed by atoms with Gasteiger partial charge in [0.05, 0.1) is 26.3 Å². The quantitative estimate of drug-likeness (QED) is 0.738. The van der Waals surface area contributed by atoms with Gasteiger partial charge in [0, 0.05) is 50.7 Å². The number of piperazine rings is 1. The van der Waals surface area contributed by atoms with Crippen LogP contribution in [0.4, 0.5) is 11.8 Å². The molecule has 0 aliphatic carbocycles. The van der Waals surface area contributed by atoms with Crippen molar-refractivity contribution in [3.8, 4) is 11.5 Å². The zero-order chi connectivity index (χ0) is 21.0. The third-order valence-electron chi connectivity index (χ3n) is 5.35. The molecule has 0 radical (unpaired) electrons. The molecule has 0 unspecified atom stereocenters. The summed E-state index contributed by atoms with van der Waals surface area (Å²) < 4.78 is 10.7. The molecule has 2 aromatic rings. The highest BCUT2D eigenvalue weighted by Crippen LogP contribution is 2.34. The van der Waals surface area contributed by atoms with Crippen LogP contribution >= 0.6 is 0 Å². The first kappa shape index (κ1) is 20.9. The smallest absolute Gasteiger partial charge is 0.236 e. The van der Waals surface area contributed by atoms with Gasteiger partial charge in [-0.05, 0) is 19.9 Å². The molecule has 1 aliphatic rings. The van der Waals surface area contributed by atoms with Crippen LogP contribution in [0.3, 0.4) is 0 Å². The molecule has 158 valence electrons. The Labute approximate surface area is 171 Å². The van der Waals surface area contributed by atoms with E-state index in [1.54, 1.807) is 20.3 Å². The lowest BCUT2D eigenvalue weighted by Crippen LogP contribution is -2.50. The molecule has 2 N–H and O–H groups in total. The number of amides is 1. The van der Waals surface area contributed by atoms with E-state index in [2.05, 4.69) is 14.8 Å². The van der Waals surface area contributed by atoms with Gasteiger partial charge in [-0.15, -0.1) is 0 Å². The van der Waals surface area contributed by atoms with Crippen LogP contribution < -0.4 is 20.1 Å². The number of nitrogens with zero attached hydrogens (tertiary/aromatic N) is 5. The fraction of sp³-hybridized carbons (Fsp3) is 0.550. The van der Waals surface area contributed by atoms with E-state index in [-0.39, 0.29) is 5.91 Å². The van der Waals surface area contributed by atoms with Gasteiger partial charge in [-0.1, -0.05) is 0 Å². The maximum atomic E-state index is 12.3. The Morgan fingerprint density at radius 2 is 1.69 bits per heavy atom. The normalized spacial score (nSPS) is 14.8. The summed E-state index contributed by atoms with van der Waals surface area (Å²) in [6.07, 6.45) is 0. The Morgan fingerprint density at radius 3 is 2.28 bits per heavy atom. The molecule has 1 amide bonds. The van der Waals surface area contributed by atoms with E-state index >= 15 is 0 Å². The second-order valence-electron chi connectivity index (χ2n) is 6.96. The van der Waals surface area contributed by atoms with Gasteiger partial charge in [-0.25, -0.2) is 4.98 Å². The predicted molar refractivity (Wildman–Crippen MR) is 114 cm³/mol. The third-order valence-corrected chi connectivity index (χ3v) is 5.35. The fourth-order valence-corrected chi connectivity index (χ4v) is 3.58. The van der Waals surface area contributed by atoms with Crippen LogP contribution in [0.2, 0.25) is 0 Å². The first-order chi connectivity index (χ1) is 14.0. The van der Waals surface area contributed by atoms with Crippen LogP contribution in [0.1, 0.15) is 13.8 Å². The number of hydrogen-bond donors (Lipinski definition) is 1. The van der Waals surface area contributed by atoms with Crippen LogP contribution in [-0.2, 0) is 4.79 Å². The minimum absolute atomic E-state index is 0.177. The summed E-state index contributed by atoms with van der Waals surface area (Å²) in [6, 6.07) is 3.61. The van der Waals surface area contributed by atoms with Gasteiger partial charge < -0.3 is 25.0 Å². The number of benzene rings is 1. The van der Waals surface area contributed by atoms with Crippen molar-refractivity contribution < 1.29 is 14.3 Å². The number of nitrogen functional groups attached to an aromatic ring is 1. The number of likely N-dealkylation sites (N-methyl/N-ethyl adjacent to an activating group) is 1. The first-order valence-corrected chi connectivity index (χ1v) is 9.95. The molecule has 1 saturated heterocycles.